The normalized spacial score (nSPS) is 10.7. The van der Waals surface area contributed by atoms with Gasteiger partial charge < -0.3 is 0 Å². The number of carbonyl (C=O) groups excluding carboxylic acids is 1. The first-order valence-corrected chi connectivity index (χ1v) is 6.35. The van der Waals surface area contributed by atoms with Gasteiger partial charge in [-0.3, -0.25) is 14.9 Å². The summed E-state index contributed by atoms with van der Waals surface area (Å²) in [5, 5.41) is 15.3. The highest BCUT2D eigenvalue weighted by Gasteiger charge is 2.18. The maximum Gasteiger partial charge on any atom is 0.280 e. The van der Waals surface area contributed by atoms with Crippen LogP contribution in [-0.4, -0.2) is 20.6 Å². The lowest BCUT2D eigenvalue weighted by molar-refractivity contribution is -0.383. The Morgan fingerprint density at radius 2 is 1.90 bits per heavy atom. The zero-order chi connectivity index (χ0) is 14.8. The van der Waals surface area contributed by atoms with Gasteiger partial charge in [-0.05, 0) is 11.6 Å². The van der Waals surface area contributed by atoms with E-state index in [1.54, 1.807) is 12.1 Å². The third-order valence-electron chi connectivity index (χ3n) is 3.22. The third-order valence-corrected chi connectivity index (χ3v) is 3.22. The molecule has 0 aliphatic rings. The Morgan fingerprint density at radius 1 is 1.14 bits per heavy atom. The molecule has 0 unspecified atom stereocenters. The molecule has 1 heterocycles. The molecule has 2 aromatic carbocycles. The van der Waals surface area contributed by atoms with Gasteiger partial charge in [0.2, 0.25) is 0 Å². The summed E-state index contributed by atoms with van der Waals surface area (Å²) in [6.45, 7) is 0. The van der Waals surface area contributed by atoms with Gasteiger partial charge in [0, 0.05) is 6.07 Å². The van der Waals surface area contributed by atoms with Crippen molar-refractivity contribution in [3.8, 4) is 0 Å². The van der Waals surface area contributed by atoms with Gasteiger partial charge in [-0.1, -0.05) is 36.4 Å². The fourth-order valence-corrected chi connectivity index (χ4v) is 2.24. The highest BCUT2D eigenvalue weighted by Crippen LogP contribution is 2.25. The number of nitro benzene ring substituents is 1. The van der Waals surface area contributed by atoms with Crippen molar-refractivity contribution in [2.24, 2.45) is 0 Å². The van der Waals surface area contributed by atoms with Crippen LogP contribution in [-0.2, 0) is 6.42 Å². The fraction of sp³-hybridized carbons (Fsp3) is 0.0667. The minimum Gasteiger partial charge on any atom is -0.272 e. The number of aromatic nitrogens is 2. The standard InChI is InChI=1S/C15H11N3O3/c19-15(9-11-5-2-1-3-6-11)17-13-7-4-8-14(18(20)21)12(13)10-16-17/h1-8,10H,9H2. The largest absolute Gasteiger partial charge is 0.280 e. The number of hydrogen-bond donors (Lipinski definition) is 0. The Hall–Kier alpha value is -3.02. The number of fused-ring (bicyclic) bond motifs is 1. The van der Waals surface area contributed by atoms with Gasteiger partial charge in [-0.25, -0.2) is 0 Å². The molecule has 0 saturated heterocycles. The molecule has 0 aliphatic heterocycles. The molecule has 6 heteroatoms. The van der Waals surface area contributed by atoms with Crippen LogP contribution in [0.3, 0.4) is 0 Å². The summed E-state index contributed by atoms with van der Waals surface area (Å²) in [4.78, 5) is 22.8. The molecule has 0 N–H and O–H groups in total. The smallest absolute Gasteiger partial charge is 0.272 e. The lowest BCUT2D eigenvalue weighted by Gasteiger charge is -2.02. The number of carbonyl (C=O) groups is 1. The molecule has 6 nitrogen and oxygen atoms in total. The van der Waals surface area contributed by atoms with Gasteiger partial charge in [0.05, 0.1) is 28.4 Å². The summed E-state index contributed by atoms with van der Waals surface area (Å²) in [6, 6.07) is 13.9. The summed E-state index contributed by atoms with van der Waals surface area (Å²) in [6.07, 6.45) is 1.55. The Bertz CT molecular complexity index is 825. The average molecular weight is 281 g/mol. The molecule has 0 atom stereocenters. The highest BCUT2D eigenvalue weighted by molar-refractivity contribution is 5.95. The Morgan fingerprint density at radius 3 is 2.62 bits per heavy atom. The van der Waals surface area contributed by atoms with E-state index >= 15 is 0 Å². The monoisotopic (exact) mass is 281 g/mol. The predicted octanol–water partition coefficient (Wildman–Crippen LogP) is 2.83. The van der Waals surface area contributed by atoms with Crippen molar-refractivity contribution in [1.29, 1.82) is 0 Å². The maximum absolute atomic E-state index is 12.3. The molecule has 0 amide bonds. The van der Waals surface area contributed by atoms with Crippen molar-refractivity contribution in [3.63, 3.8) is 0 Å². The molecule has 21 heavy (non-hydrogen) atoms. The number of hydrogen-bond acceptors (Lipinski definition) is 4. The SMILES string of the molecule is O=C(Cc1ccccc1)n1ncc2c([N+](=O)[O-])cccc21. The molecular weight excluding hydrogens is 270 g/mol. The molecule has 0 saturated carbocycles. The van der Waals surface area contributed by atoms with Crippen LogP contribution in [0.1, 0.15) is 10.4 Å². The number of nitrogens with zero attached hydrogens (tertiary/aromatic N) is 3. The second-order valence-electron chi connectivity index (χ2n) is 4.58. The fourth-order valence-electron chi connectivity index (χ4n) is 2.24. The lowest BCUT2D eigenvalue weighted by atomic mass is 10.1. The first kappa shape index (κ1) is 13.0. The van der Waals surface area contributed by atoms with Gasteiger partial charge in [0.1, 0.15) is 0 Å². The van der Waals surface area contributed by atoms with E-state index in [2.05, 4.69) is 5.10 Å². The van der Waals surface area contributed by atoms with Gasteiger partial charge in [-0.2, -0.15) is 9.78 Å². The summed E-state index contributed by atoms with van der Waals surface area (Å²) >= 11 is 0. The molecule has 0 spiro atoms. The highest BCUT2D eigenvalue weighted by atomic mass is 16.6. The van der Waals surface area contributed by atoms with E-state index in [0.717, 1.165) is 5.56 Å². The van der Waals surface area contributed by atoms with Gasteiger partial charge >= 0.3 is 0 Å². The Balaban J connectivity index is 2.00. The van der Waals surface area contributed by atoms with Gasteiger partial charge in [0.25, 0.3) is 11.6 Å². The van der Waals surface area contributed by atoms with E-state index in [4.69, 9.17) is 0 Å². The Kier molecular flexibility index (Phi) is 3.19. The first-order chi connectivity index (χ1) is 10.2. The van der Waals surface area contributed by atoms with Crippen LogP contribution >= 0.6 is 0 Å². The van der Waals surface area contributed by atoms with E-state index in [1.165, 1.54) is 16.9 Å². The second-order valence-corrected chi connectivity index (χ2v) is 4.58. The molecule has 3 rings (SSSR count). The zero-order valence-electron chi connectivity index (χ0n) is 11.0. The number of nitro groups is 1. The zero-order valence-corrected chi connectivity index (χ0v) is 11.0. The van der Waals surface area contributed by atoms with Crippen LogP contribution in [0, 0.1) is 10.1 Å². The molecule has 3 aromatic rings. The van der Waals surface area contributed by atoms with E-state index in [1.807, 2.05) is 30.3 Å². The molecule has 0 fully saturated rings. The minimum atomic E-state index is -0.476. The summed E-state index contributed by atoms with van der Waals surface area (Å²) < 4.78 is 1.22. The van der Waals surface area contributed by atoms with Crippen LogP contribution in [0.2, 0.25) is 0 Å². The van der Waals surface area contributed by atoms with Crippen LogP contribution in [0.5, 0.6) is 0 Å². The molecule has 1 aromatic heterocycles. The topological polar surface area (TPSA) is 78.0 Å². The lowest BCUT2D eigenvalue weighted by Crippen LogP contribution is -2.14. The second kappa shape index (κ2) is 5.16. The quantitative estimate of drug-likeness (QED) is 0.546. The Labute approximate surface area is 119 Å². The van der Waals surface area contributed by atoms with Crippen molar-refractivity contribution < 1.29 is 9.72 Å². The van der Waals surface area contributed by atoms with Crippen LogP contribution in [0.15, 0.2) is 54.7 Å². The van der Waals surface area contributed by atoms with Crippen molar-refractivity contribution >= 4 is 22.5 Å². The van der Waals surface area contributed by atoms with Crippen molar-refractivity contribution in [1.82, 2.24) is 9.78 Å². The average Bonchev–Trinajstić information content (AvgIpc) is 2.92. The summed E-state index contributed by atoms with van der Waals surface area (Å²) in [5.41, 5.74) is 1.27. The van der Waals surface area contributed by atoms with Gasteiger partial charge in [0.15, 0.2) is 0 Å². The summed E-state index contributed by atoms with van der Waals surface area (Å²) in [5.74, 6) is -0.225. The number of benzene rings is 2. The van der Waals surface area contributed by atoms with Crippen molar-refractivity contribution in [2.45, 2.75) is 6.42 Å². The minimum absolute atomic E-state index is 0.0498. The van der Waals surface area contributed by atoms with Crippen molar-refractivity contribution in [2.75, 3.05) is 0 Å². The van der Waals surface area contributed by atoms with Gasteiger partial charge in [-0.15, -0.1) is 0 Å². The predicted molar refractivity (Wildman–Crippen MR) is 77.2 cm³/mol. The molecule has 0 radical (unpaired) electrons. The van der Waals surface area contributed by atoms with E-state index in [-0.39, 0.29) is 18.0 Å². The molecule has 0 bridgehead atoms. The number of rotatable bonds is 3. The first-order valence-electron chi connectivity index (χ1n) is 6.35. The molecule has 104 valence electrons. The third kappa shape index (κ3) is 2.38. The maximum atomic E-state index is 12.3. The summed E-state index contributed by atoms with van der Waals surface area (Å²) in [7, 11) is 0. The van der Waals surface area contributed by atoms with E-state index in [9.17, 15) is 14.9 Å². The molecular formula is C15H11N3O3. The van der Waals surface area contributed by atoms with Crippen LogP contribution in [0.25, 0.3) is 10.9 Å². The molecule has 0 aliphatic carbocycles. The van der Waals surface area contributed by atoms with Crippen LogP contribution in [0.4, 0.5) is 5.69 Å². The number of non-ortho nitro benzene ring substituents is 1. The van der Waals surface area contributed by atoms with E-state index < -0.39 is 4.92 Å². The van der Waals surface area contributed by atoms with E-state index in [0.29, 0.717) is 10.9 Å². The van der Waals surface area contributed by atoms with Crippen LogP contribution < -0.4 is 0 Å². The van der Waals surface area contributed by atoms with Crippen molar-refractivity contribution in [3.05, 3.63) is 70.4 Å².